The van der Waals surface area contributed by atoms with E-state index in [1.54, 1.807) is 36.2 Å². The van der Waals surface area contributed by atoms with E-state index in [-0.39, 0.29) is 37.0 Å². The lowest BCUT2D eigenvalue weighted by atomic mass is 9.95. The largest absolute Gasteiger partial charge is 0.477 e. The van der Waals surface area contributed by atoms with Gasteiger partial charge in [0.25, 0.3) is 0 Å². The van der Waals surface area contributed by atoms with Crippen LogP contribution in [0.1, 0.15) is 81.2 Å². The van der Waals surface area contributed by atoms with Crippen molar-refractivity contribution in [1.29, 1.82) is 0 Å². The molecule has 4 aromatic rings. The average Bonchev–Trinajstić information content (AvgIpc) is 3.36. The van der Waals surface area contributed by atoms with Crippen LogP contribution in [0.5, 0.6) is 0 Å². The van der Waals surface area contributed by atoms with Gasteiger partial charge in [0.15, 0.2) is 6.29 Å². The average molecular weight is 987 g/mol. The first-order valence-electron chi connectivity index (χ1n) is 23.6. The van der Waals surface area contributed by atoms with E-state index in [4.69, 9.17) is 14.2 Å². The monoisotopic (exact) mass is 986 g/mol. The number of nitrogens with one attached hydrogen (secondary N) is 1. The van der Waals surface area contributed by atoms with Crippen LogP contribution in [0.3, 0.4) is 0 Å². The van der Waals surface area contributed by atoms with Gasteiger partial charge in [0.2, 0.25) is 11.8 Å². The second-order valence-corrected chi connectivity index (χ2v) is 17.1. The minimum Gasteiger partial charge on any atom is -0.477 e. The molecule has 0 aliphatic carbocycles. The van der Waals surface area contributed by atoms with Gasteiger partial charge >= 0.3 is 5.97 Å². The second kappa shape index (κ2) is 34.3. The summed E-state index contributed by atoms with van der Waals surface area (Å²) >= 11 is 5.25. The Morgan fingerprint density at radius 2 is 1.38 bits per heavy atom. The Hall–Kier alpha value is -4.98. The van der Waals surface area contributed by atoms with E-state index >= 15 is 0 Å². The zero-order valence-electron chi connectivity index (χ0n) is 39.9. The number of fused-ring (bicyclic) bond motifs is 2. The Morgan fingerprint density at radius 3 is 2.09 bits per heavy atom. The molecule has 374 valence electrons. The molecule has 0 saturated carbocycles. The summed E-state index contributed by atoms with van der Waals surface area (Å²) in [5.41, 5.74) is 6.26. The van der Waals surface area contributed by atoms with E-state index in [1.165, 1.54) is 11.6 Å². The second-order valence-electron chi connectivity index (χ2n) is 16.1. The number of benzene rings is 2. The summed E-state index contributed by atoms with van der Waals surface area (Å²) in [7, 11) is 0. The summed E-state index contributed by atoms with van der Waals surface area (Å²) in [4.78, 5) is 63.3. The van der Waals surface area contributed by atoms with Gasteiger partial charge < -0.3 is 34.6 Å². The van der Waals surface area contributed by atoms with Crippen molar-refractivity contribution in [2.75, 3.05) is 95.9 Å². The molecule has 0 bridgehead atoms. The molecule has 0 atom stereocenters. The van der Waals surface area contributed by atoms with Gasteiger partial charge in [-0.2, -0.15) is 12.6 Å². The molecule has 69 heavy (non-hydrogen) atoms. The van der Waals surface area contributed by atoms with Crippen molar-refractivity contribution in [1.82, 2.24) is 25.1 Å². The van der Waals surface area contributed by atoms with Gasteiger partial charge in [-0.05, 0) is 90.1 Å². The molecule has 15 nitrogen and oxygen atoms in total. The van der Waals surface area contributed by atoms with Crippen molar-refractivity contribution >= 4 is 54.1 Å². The van der Waals surface area contributed by atoms with E-state index in [2.05, 4.69) is 51.0 Å². The topological polar surface area (TPSA) is 184 Å². The molecule has 3 heterocycles. The number of ether oxygens (including phenoxy) is 3. The standard InChI is InChI=1S/C51H66N6O9S.CH4S/c58-28-24-55(38-44-14-8-16-46(40-59)53-44)25-31-65-33-34-66-32-27-56(39-45-15-9-17-47(54-45)51(62)63)26-30-64-29-10-36-67-35-7-1-6-23-52-49(60)21-22-50(61)57-37-43-13-3-2-11-41(43)19-20-42-12-4-5-18-48(42)57;1-2/h2-5,8-18,36,40,58H,1,6-7,19-35,37-39H2,(H,52,60)(H,62,63);2H,1H3/b36-10-;. The van der Waals surface area contributed by atoms with E-state index in [0.717, 1.165) is 60.4 Å². The number of aliphatic hydroxyl groups excluding tert-OH is 1. The molecule has 0 radical (unpaired) electrons. The number of carbonyl (C=O) groups excluding carboxylic acids is 3. The third kappa shape index (κ3) is 22.1. The maximum Gasteiger partial charge on any atom is 0.354 e. The van der Waals surface area contributed by atoms with Crippen LogP contribution in [0.2, 0.25) is 0 Å². The van der Waals surface area contributed by atoms with Crippen LogP contribution in [0.4, 0.5) is 5.69 Å². The lowest BCUT2D eigenvalue weighted by Crippen LogP contribution is -2.34. The van der Waals surface area contributed by atoms with Gasteiger partial charge in [0, 0.05) is 64.3 Å². The molecule has 0 fully saturated rings. The molecule has 2 aromatic carbocycles. The highest BCUT2D eigenvalue weighted by molar-refractivity contribution is 8.02. The summed E-state index contributed by atoms with van der Waals surface area (Å²) in [5, 5.41) is 23.9. The van der Waals surface area contributed by atoms with E-state index in [0.29, 0.717) is 110 Å². The number of unbranched alkanes of at least 4 members (excludes halogenated alkanes) is 2. The first kappa shape index (κ1) is 56.6. The van der Waals surface area contributed by atoms with Crippen molar-refractivity contribution in [2.24, 2.45) is 0 Å². The molecule has 5 rings (SSSR count). The quantitative estimate of drug-likeness (QED) is 0.0236. The zero-order chi connectivity index (χ0) is 49.3. The maximum atomic E-state index is 13.5. The number of anilines is 1. The van der Waals surface area contributed by atoms with Gasteiger partial charge in [0.05, 0.1) is 64.2 Å². The smallest absolute Gasteiger partial charge is 0.354 e. The normalized spacial score (nSPS) is 12.2. The molecule has 1 aliphatic heterocycles. The Labute approximate surface area is 417 Å². The third-order valence-corrected chi connectivity index (χ3v) is 12.0. The Morgan fingerprint density at radius 1 is 0.739 bits per heavy atom. The van der Waals surface area contributed by atoms with E-state index in [9.17, 15) is 29.4 Å². The predicted octanol–water partition coefficient (Wildman–Crippen LogP) is 6.53. The molecular formula is C52H70N6O9S2. The summed E-state index contributed by atoms with van der Waals surface area (Å²) in [6.45, 7) is 6.85. The van der Waals surface area contributed by atoms with Crippen LogP contribution in [0.15, 0.2) is 96.4 Å². The van der Waals surface area contributed by atoms with Gasteiger partial charge in [-0.15, -0.1) is 11.8 Å². The molecule has 0 unspecified atom stereocenters. The number of aliphatic hydroxyl groups is 1. The molecule has 2 amide bonds. The van der Waals surface area contributed by atoms with Gasteiger partial charge in [-0.1, -0.05) is 67.1 Å². The highest BCUT2D eigenvalue weighted by atomic mass is 32.2. The number of hydrogen-bond donors (Lipinski definition) is 4. The maximum absolute atomic E-state index is 13.5. The molecule has 3 N–H and O–H groups in total. The van der Waals surface area contributed by atoms with Crippen molar-refractivity contribution < 1.29 is 43.6 Å². The minimum atomic E-state index is -1.07. The first-order chi connectivity index (χ1) is 33.8. The number of hydrogen-bond acceptors (Lipinski definition) is 14. The van der Waals surface area contributed by atoms with Gasteiger partial charge in [-0.25, -0.2) is 14.8 Å². The number of thioether (sulfide) groups is 1. The van der Waals surface area contributed by atoms with Crippen LogP contribution < -0.4 is 10.2 Å². The summed E-state index contributed by atoms with van der Waals surface area (Å²) < 4.78 is 17.5. The summed E-state index contributed by atoms with van der Waals surface area (Å²) in [6.07, 6.45) is 9.42. The fourth-order valence-electron chi connectivity index (χ4n) is 7.56. The molecule has 2 aromatic heterocycles. The SMILES string of the molecule is CS.O=Cc1cccc(CN(CCO)CCOCCOCCN(CCOC/C=C\SCCCCCNC(=O)CCC(=O)N2Cc3ccccc3CCc3ccccc32)Cc2cccc(C(=O)O)n2)n1. The number of para-hydroxylation sites is 1. The number of aryl methyl sites for hydroxylation is 2. The number of carboxylic acids is 1. The highest BCUT2D eigenvalue weighted by Crippen LogP contribution is 2.29. The van der Waals surface area contributed by atoms with Gasteiger partial charge in [-0.3, -0.25) is 24.2 Å². The molecule has 0 saturated heterocycles. The molecular weight excluding hydrogens is 917 g/mol. The number of rotatable bonds is 32. The molecule has 0 spiro atoms. The molecule has 17 heteroatoms. The summed E-state index contributed by atoms with van der Waals surface area (Å²) in [5.74, 6) is -0.254. The fraction of sp³-hybridized carbons (Fsp3) is 0.462. The number of amides is 2. The van der Waals surface area contributed by atoms with Crippen LogP contribution in [0, 0.1) is 0 Å². The molecule has 1 aliphatic rings. The number of carbonyl (C=O) groups is 4. The van der Waals surface area contributed by atoms with Crippen molar-refractivity contribution in [3.63, 3.8) is 0 Å². The number of aromatic carboxylic acids is 1. The zero-order valence-corrected chi connectivity index (χ0v) is 41.6. The Bertz CT molecular complexity index is 2170. The Balaban J connectivity index is 0.00000511. The number of aldehydes is 1. The van der Waals surface area contributed by atoms with E-state index < -0.39 is 5.97 Å². The van der Waals surface area contributed by atoms with Crippen LogP contribution in [-0.2, 0) is 56.3 Å². The van der Waals surface area contributed by atoms with Crippen molar-refractivity contribution in [3.05, 3.63) is 136 Å². The van der Waals surface area contributed by atoms with Crippen LogP contribution in [-0.4, -0.2) is 145 Å². The number of pyridine rings is 2. The number of carboxylic acid groups (broad SMARTS) is 1. The highest BCUT2D eigenvalue weighted by Gasteiger charge is 2.23. The first-order valence-corrected chi connectivity index (χ1v) is 25.6. The minimum absolute atomic E-state index is 0.00216. The Kier molecular flexibility index (Phi) is 28.2. The fourth-order valence-corrected chi connectivity index (χ4v) is 8.28. The number of nitrogens with zero attached hydrogens (tertiary/aromatic N) is 5. The predicted molar refractivity (Wildman–Crippen MR) is 275 cm³/mol. The van der Waals surface area contributed by atoms with Crippen LogP contribution in [0.25, 0.3) is 0 Å². The van der Waals surface area contributed by atoms with Crippen LogP contribution >= 0.6 is 24.4 Å². The number of thiol groups is 1. The van der Waals surface area contributed by atoms with E-state index in [1.807, 2.05) is 63.7 Å². The lowest BCUT2D eigenvalue weighted by Gasteiger charge is -2.29. The van der Waals surface area contributed by atoms with Gasteiger partial charge in [0.1, 0.15) is 11.4 Å². The number of aromatic nitrogens is 2. The summed E-state index contributed by atoms with van der Waals surface area (Å²) in [6, 6.07) is 26.6. The lowest BCUT2D eigenvalue weighted by molar-refractivity contribution is -0.125. The van der Waals surface area contributed by atoms with Crippen molar-refractivity contribution in [3.8, 4) is 0 Å². The third-order valence-electron chi connectivity index (χ3n) is 11.1. The van der Waals surface area contributed by atoms with Crippen molar-refractivity contribution in [2.45, 2.75) is 64.6 Å².